The molecule has 1 saturated heterocycles. The molecule has 0 unspecified atom stereocenters. The lowest BCUT2D eigenvalue weighted by Gasteiger charge is -2.42. The largest absolute Gasteiger partial charge is 0.385 e. The van der Waals surface area contributed by atoms with Crippen molar-refractivity contribution in [3.05, 3.63) is 29.6 Å². The van der Waals surface area contributed by atoms with Crippen molar-refractivity contribution >= 4 is 35.6 Å². The van der Waals surface area contributed by atoms with Crippen LogP contribution in [-0.2, 0) is 16.0 Å². The smallest absolute Gasteiger partial charge is 0.191 e. The van der Waals surface area contributed by atoms with E-state index in [2.05, 4.69) is 22.5 Å². The molecular weight excluding hydrogens is 498 g/mol. The number of morpholine rings is 1. The van der Waals surface area contributed by atoms with Crippen LogP contribution in [0.4, 0.5) is 10.1 Å². The first-order valence-electron chi connectivity index (χ1n) is 10.8. The van der Waals surface area contributed by atoms with Crippen LogP contribution in [0.3, 0.4) is 0 Å². The number of nitrogens with zero attached hydrogens (tertiary/aromatic N) is 2. The van der Waals surface area contributed by atoms with Gasteiger partial charge in [0.2, 0.25) is 0 Å². The summed E-state index contributed by atoms with van der Waals surface area (Å²) in [6.07, 6.45) is 4.83. The van der Waals surface area contributed by atoms with Gasteiger partial charge >= 0.3 is 0 Å². The van der Waals surface area contributed by atoms with Crippen LogP contribution >= 0.6 is 24.0 Å². The fraction of sp³-hybridized carbons (Fsp3) is 0.682. The summed E-state index contributed by atoms with van der Waals surface area (Å²) in [5.41, 5.74) is 1.84. The third-order valence-corrected chi connectivity index (χ3v) is 6.01. The molecule has 1 saturated carbocycles. The molecule has 30 heavy (non-hydrogen) atoms. The average molecular weight is 534 g/mol. The number of methoxy groups -OCH3 is 1. The van der Waals surface area contributed by atoms with Crippen molar-refractivity contribution in [2.45, 2.75) is 39.2 Å². The van der Waals surface area contributed by atoms with E-state index in [0.29, 0.717) is 30.9 Å². The third kappa shape index (κ3) is 6.95. The summed E-state index contributed by atoms with van der Waals surface area (Å²) in [7, 11) is 1.76. The van der Waals surface area contributed by atoms with Crippen LogP contribution in [0.2, 0.25) is 0 Å². The monoisotopic (exact) mass is 534 g/mol. The van der Waals surface area contributed by atoms with Crippen LogP contribution in [0, 0.1) is 11.2 Å². The van der Waals surface area contributed by atoms with Gasteiger partial charge in [-0.3, -0.25) is 0 Å². The van der Waals surface area contributed by atoms with Gasteiger partial charge in [-0.25, -0.2) is 9.38 Å². The van der Waals surface area contributed by atoms with Crippen LogP contribution in [-0.4, -0.2) is 59.1 Å². The van der Waals surface area contributed by atoms with Crippen LogP contribution in [0.25, 0.3) is 0 Å². The first kappa shape index (κ1) is 25.1. The van der Waals surface area contributed by atoms with Crippen molar-refractivity contribution in [3.63, 3.8) is 0 Å². The molecular formula is C22H36FIN4O2. The third-order valence-electron chi connectivity index (χ3n) is 6.01. The van der Waals surface area contributed by atoms with Gasteiger partial charge in [0.05, 0.1) is 25.4 Å². The van der Waals surface area contributed by atoms with E-state index in [4.69, 9.17) is 9.47 Å². The van der Waals surface area contributed by atoms with E-state index in [1.807, 2.05) is 17.0 Å². The summed E-state index contributed by atoms with van der Waals surface area (Å²) in [6.45, 7) is 7.74. The molecule has 0 amide bonds. The van der Waals surface area contributed by atoms with Crippen molar-refractivity contribution in [2.24, 2.45) is 10.4 Å². The highest BCUT2D eigenvalue weighted by Crippen LogP contribution is 2.43. The summed E-state index contributed by atoms with van der Waals surface area (Å²) in [5, 5.41) is 6.79. The van der Waals surface area contributed by atoms with E-state index in [9.17, 15) is 4.39 Å². The molecule has 2 N–H and O–H groups in total. The molecule has 170 valence electrons. The lowest BCUT2D eigenvalue weighted by molar-refractivity contribution is 0.0732. The van der Waals surface area contributed by atoms with E-state index < -0.39 is 0 Å². The van der Waals surface area contributed by atoms with Crippen molar-refractivity contribution < 1.29 is 13.9 Å². The van der Waals surface area contributed by atoms with E-state index in [0.717, 1.165) is 50.7 Å². The second-order valence-electron chi connectivity index (χ2n) is 8.03. The minimum absolute atomic E-state index is 0. The number of nitrogens with one attached hydrogen (secondary N) is 2. The minimum Gasteiger partial charge on any atom is -0.385 e. The minimum atomic E-state index is -0.189. The van der Waals surface area contributed by atoms with E-state index in [1.54, 1.807) is 13.2 Å². The SMILES string of the molecule is CCNC(=NCc1ccc(N2CCOCC2)c(F)c1)NCC1(CCOC)CCC1.I. The summed E-state index contributed by atoms with van der Waals surface area (Å²) in [4.78, 5) is 6.71. The molecule has 0 radical (unpaired) electrons. The number of benzene rings is 1. The highest BCUT2D eigenvalue weighted by Gasteiger charge is 2.36. The Kier molecular flexibility index (Phi) is 10.6. The second-order valence-corrected chi connectivity index (χ2v) is 8.03. The van der Waals surface area contributed by atoms with Gasteiger partial charge in [0.25, 0.3) is 0 Å². The van der Waals surface area contributed by atoms with Gasteiger partial charge in [-0.2, -0.15) is 0 Å². The molecule has 1 aromatic carbocycles. The number of rotatable bonds is 9. The molecule has 0 aromatic heterocycles. The summed E-state index contributed by atoms with van der Waals surface area (Å²) in [6, 6.07) is 5.43. The molecule has 0 bridgehead atoms. The first-order chi connectivity index (χ1) is 14.2. The number of anilines is 1. The fourth-order valence-electron chi connectivity index (χ4n) is 4.00. The summed E-state index contributed by atoms with van der Waals surface area (Å²) < 4.78 is 25.2. The zero-order valence-corrected chi connectivity index (χ0v) is 20.5. The van der Waals surface area contributed by atoms with E-state index in [-0.39, 0.29) is 29.8 Å². The van der Waals surface area contributed by atoms with Gasteiger partial charge in [-0.1, -0.05) is 12.5 Å². The molecule has 1 aliphatic heterocycles. The highest BCUT2D eigenvalue weighted by molar-refractivity contribution is 14.0. The van der Waals surface area contributed by atoms with Crippen LogP contribution in [0.5, 0.6) is 0 Å². The Morgan fingerprint density at radius 2 is 2.03 bits per heavy atom. The highest BCUT2D eigenvalue weighted by atomic mass is 127. The number of halogens is 2. The quantitative estimate of drug-likeness (QED) is 0.289. The Morgan fingerprint density at radius 3 is 2.63 bits per heavy atom. The Morgan fingerprint density at radius 1 is 1.27 bits per heavy atom. The molecule has 6 nitrogen and oxygen atoms in total. The zero-order chi connectivity index (χ0) is 20.5. The molecule has 1 aliphatic carbocycles. The molecule has 1 heterocycles. The predicted octanol–water partition coefficient (Wildman–Crippen LogP) is 3.54. The fourth-order valence-corrected chi connectivity index (χ4v) is 4.00. The van der Waals surface area contributed by atoms with E-state index in [1.165, 1.54) is 19.3 Å². The van der Waals surface area contributed by atoms with Crippen LogP contribution in [0.15, 0.2) is 23.2 Å². The molecule has 3 rings (SSSR count). The van der Waals surface area contributed by atoms with Gasteiger partial charge in [-0.05, 0) is 49.3 Å². The Hall–Kier alpha value is -1.13. The number of hydrogen-bond acceptors (Lipinski definition) is 4. The summed E-state index contributed by atoms with van der Waals surface area (Å²) in [5.74, 6) is 0.597. The average Bonchev–Trinajstić information content (AvgIpc) is 2.71. The normalized spacial score (nSPS) is 18.4. The topological polar surface area (TPSA) is 58.1 Å². The Balaban J connectivity index is 0.00000320. The molecule has 0 spiro atoms. The predicted molar refractivity (Wildman–Crippen MR) is 130 cm³/mol. The maximum absolute atomic E-state index is 14.6. The number of guanidine groups is 1. The van der Waals surface area contributed by atoms with Gasteiger partial charge in [-0.15, -0.1) is 24.0 Å². The molecule has 8 heteroatoms. The second kappa shape index (κ2) is 12.7. The van der Waals surface area contributed by atoms with Crippen molar-refractivity contribution in [3.8, 4) is 0 Å². The maximum Gasteiger partial charge on any atom is 0.191 e. The Bertz CT molecular complexity index is 679. The van der Waals surface area contributed by atoms with Crippen LogP contribution in [0.1, 0.15) is 38.2 Å². The van der Waals surface area contributed by atoms with E-state index >= 15 is 0 Å². The lowest BCUT2D eigenvalue weighted by atomic mass is 9.67. The number of hydrogen-bond donors (Lipinski definition) is 2. The van der Waals surface area contributed by atoms with Crippen molar-refractivity contribution in [1.82, 2.24) is 10.6 Å². The Labute approximate surface area is 197 Å². The van der Waals surface area contributed by atoms with Gasteiger partial charge in [0.1, 0.15) is 5.82 Å². The molecule has 0 atom stereocenters. The van der Waals surface area contributed by atoms with Gasteiger partial charge in [0, 0.05) is 39.9 Å². The number of aliphatic imine (C=N–C) groups is 1. The summed E-state index contributed by atoms with van der Waals surface area (Å²) >= 11 is 0. The van der Waals surface area contributed by atoms with Crippen LogP contribution < -0.4 is 15.5 Å². The first-order valence-corrected chi connectivity index (χ1v) is 10.8. The number of ether oxygens (including phenoxy) is 2. The maximum atomic E-state index is 14.6. The lowest BCUT2D eigenvalue weighted by Crippen LogP contribution is -2.46. The molecule has 1 aromatic rings. The molecule has 2 fully saturated rings. The standard InChI is InChI=1S/C22H35FN4O2.HI/c1-3-24-21(26-17-22(7-4-8-22)9-12-28-2)25-16-18-5-6-20(19(23)15-18)27-10-13-29-14-11-27;/h5-6,15H,3-4,7-14,16-17H2,1-2H3,(H2,24,25,26);1H. The molecule has 2 aliphatic rings. The van der Waals surface area contributed by atoms with Gasteiger partial charge < -0.3 is 25.0 Å². The zero-order valence-electron chi connectivity index (χ0n) is 18.2. The van der Waals surface area contributed by atoms with Gasteiger partial charge in [0.15, 0.2) is 5.96 Å². The van der Waals surface area contributed by atoms with Crippen molar-refractivity contribution in [1.29, 1.82) is 0 Å². The van der Waals surface area contributed by atoms with Crippen molar-refractivity contribution in [2.75, 3.05) is 58.0 Å².